The standard InChI is InChI=1S/C15H17ClN2O2S.2C2H6/c1-19-7-8-20-12-5-3-2-4-10(12)13(17)14-11(15(16)18)6-9-21-14;2*1-2/h2-6,9H,7-8,17-18H2,1H3;2*1-2H3/b14-13+,15-11-;;. The maximum Gasteiger partial charge on any atom is 0.128 e. The Morgan fingerprint density at radius 1 is 1.04 bits per heavy atom. The largest absolute Gasteiger partial charge is 0.490 e. The quantitative estimate of drug-likeness (QED) is 0.613. The van der Waals surface area contributed by atoms with Gasteiger partial charge >= 0.3 is 0 Å². The Balaban J connectivity index is 0.00000134. The van der Waals surface area contributed by atoms with Crippen LogP contribution in [0.3, 0.4) is 0 Å². The van der Waals surface area contributed by atoms with Gasteiger partial charge in [0.1, 0.15) is 17.5 Å². The molecular formula is C19H29ClN2O2S. The molecule has 0 atom stereocenters. The van der Waals surface area contributed by atoms with Gasteiger partial charge in [0.05, 0.1) is 16.8 Å². The zero-order valence-electron chi connectivity index (χ0n) is 15.6. The summed E-state index contributed by atoms with van der Waals surface area (Å²) in [6.07, 6.45) is 0. The normalized spacial score (nSPS) is 12.1. The number of halogens is 1. The van der Waals surface area contributed by atoms with Gasteiger partial charge in [0.15, 0.2) is 0 Å². The van der Waals surface area contributed by atoms with Crippen molar-refractivity contribution in [2.24, 2.45) is 11.5 Å². The second-order valence-electron chi connectivity index (χ2n) is 4.26. The van der Waals surface area contributed by atoms with E-state index in [0.717, 1.165) is 15.3 Å². The SMILES string of the molecule is CC.CC.COCCOc1ccccc1/C(N)=c1\scc\c1=C(\N)Cl. The van der Waals surface area contributed by atoms with Crippen molar-refractivity contribution in [1.82, 2.24) is 0 Å². The molecule has 25 heavy (non-hydrogen) atoms. The number of hydrogen-bond acceptors (Lipinski definition) is 5. The number of rotatable bonds is 5. The van der Waals surface area contributed by atoms with Gasteiger partial charge in [-0.1, -0.05) is 51.4 Å². The van der Waals surface area contributed by atoms with Crippen LogP contribution in [-0.2, 0) is 4.74 Å². The Morgan fingerprint density at radius 2 is 1.68 bits per heavy atom. The van der Waals surface area contributed by atoms with E-state index in [-0.39, 0.29) is 5.16 Å². The van der Waals surface area contributed by atoms with Crippen molar-refractivity contribution < 1.29 is 9.47 Å². The minimum absolute atomic E-state index is 0.229. The maximum absolute atomic E-state index is 6.29. The Bertz CT molecular complexity index is 725. The Kier molecular flexibility index (Phi) is 12.7. The van der Waals surface area contributed by atoms with Crippen LogP contribution in [0.15, 0.2) is 35.7 Å². The second kappa shape index (κ2) is 13.6. The average Bonchev–Trinajstić information content (AvgIpc) is 3.15. The van der Waals surface area contributed by atoms with Crippen LogP contribution in [0.4, 0.5) is 0 Å². The molecule has 0 fully saturated rings. The molecule has 1 heterocycles. The highest BCUT2D eigenvalue weighted by atomic mass is 35.5. The third-order valence-corrected chi connectivity index (χ3v) is 4.04. The van der Waals surface area contributed by atoms with Crippen molar-refractivity contribution in [3.8, 4) is 5.75 Å². The van der Waals surface area contributed by atoms with Crippen LogP contribution in [-0.4, -0.2) is 20.3 Å². The van der Waals surface area contributed by atoms with Crippen LogP contribution in [0.25, 0.3) is 10.9 Å². The van der Waals surface area contributed by atoms with Gasteiger partial charge in [0.2, 0.25) is 0 Å². The lowest BCUT2D eigenvalue weighted by atomic mass is 10.1. The van der Waals surface area contributed by atoms with Crippen LogP contribution >= 0.6 is 22.9 Å². The molecule has 0 bridgehead atoms. The Hall–Kier alpha value is -1.69. The summed E-state index contributed by atoms with van der Waals surface area (Å²) in [5, 5.41) is 2.87. The minimum Gasteiger partial charge on any atom is -0.490 e. The first kappa shape index (κ1) is 23.3. The molecule has 0 spiro atoms. The monoisotopic (exact) mass is 384 g/mol. The lowest BCUT2D eigenvalue weighted by molar-refractivity contribution is 0.146. The van der Waals surface area contributed by atoms with E-state index in [1.54, 1.807) is 7.11 Å². The summed E-state index contributed by atoms with van der Waals surface area (Å²) in [5.74, 6) is 0.708. The molecule has 140 valence electrons. The third-order valence-electron chi connectivity index (χ3n) is 2.89. The highest BCUT2D eigenvalue weighted by Crippen LogP contribution is 2.21. The summed E-state index contributed by atoms with van der Waals surface area (Å²) >= 11 is 7.40. The lowest BCUT2D eigenvalue weighted by Crippen LogP contribution is -2.28. The Labute approximate surface area is 159 Å². The molecular weight excluding hydrogens is 356 g/mol. The van der Waals surface area contributed by atoms with Crippen molar-refractivity contribution in [2.45, 2.75) is 27.7 Å². The van der Waals surface area contributed by atoms with E-state index in [9.17, 15) is 0 Å². The van der Waals surface area contributed by atoms with Crippen LogP contribution in [0.2, 0.25) is 0 Å². The number of thiophene rings is 1. The molecule has 4 nitrogen and oxygen atoms in total. The van der Waals surface area contributed by atoms with Gasteiger partial charge in [-0.15, -0.1) is 11.3 Å². The number of para-hydroxylation sites is 1. The molecule has 0 radical (unpaired) electrons. The van der Waals surface area contributed by atoms with Crippen molar-refractivity contribution in [1.29, 1.82) is 0 Å². The summed E-state index contributed by atoms with van der Waals surface area (Å²) in [6.45, 7) is 8.97. The van der Waals surface area contributed by atoms with E-state index in [4.69, 9.17) is 32.5 Å². The van der Waals surface area contributed by atoms with Gasteiger partial charge in [-0.2, -0.15) is 0 Å². The predicted octanol–water partition coefficient (Wildman–Crippen LogP) is 3.20. The fraction of sp³-hybridized carbons (Fsp3) is 0.368. The molecule has 1 aromatic carbocycles. The first-order valence-electron chi connectivity index (χ1n) is 8.35. The molecule has 4 N–H and O–H groups in total. The summed E-state index contributed by atoms with van der Waals surface area (Å²) in [4.78, 5) is 0. The van der Waals surface area contributed by atoms with E-state index in [0.29, 0.717) is 24.7 Å². The summed E-state index contributed by atoms with van der Waals surface area (Å²) in [5.41, 5.74) is 13.4. The van der Waals surface area contributed by atoms with Crippen molar-refractivity contribution in [2.75, 3.05) is 20.3 Å². The van der Waals surface area contributed by atoms with E-state index >= 15 is 0 Å². The number of benzene rings is 1. The second-order valence-corrected chi connectivity index (χ2v) is 5.59. The van der Waals surface area contributed by atoms with Gasteiger partial charge in [0, 0.05) is 17.9 Å². The zero-order valence-corrected chi connectivity index (χ0v) is 17.2. The molecule has 0 aliphatic carbocycles. The smallest absolute Gasteiger partial charge is 0.128 e. The number of nitrogens with two attached hydrogens (primary N) is 2. The van der Waals surface area contributed by atoms with Crippen molar-refractivity contribution >= 4 is 33.8 Å². The number of ether oxygens (including phenoxy) is 2. The molecule has 0 aliphatic rings. The van der Waals surface area contributed by atoms with Crippen molar-refractivity contribution in [3.63, 3.8) is 0 Å². The molecule has 0 saturated heterocycles. The fourth-order valence-electron chi connectivity index (χ4n) is 1.88. The molecule has 1 aromatic heterocycles. The number of hydrogen-bond donors (Lipinski definition) is 2. The maximum atomic E-state index is 6.29. The first-order valence-corrected chi connectivity index (χ1v) is 9.60. The highest BCUT2D eigenvalue weighted by molar-refractivity contribution is 7.07. The topological polar surface area (TPSA) is 70.5 Å². The van der Waals surface area contributed by atoms with Crippen LogP contribution in [0, 0.1) is 0 Å². The molecule has 2 aromatic rings. The van der Waals surface area contributed by atoms with Crippen molar-refractivity contribution in [3.05, 3.63) is 51.0 Å². The summed E-state index contributed by atoms with van der Waals surface area (Å²) in [7, 11) is 1.63. The van der Waals surface area contributed by atoms with Gasteiger partial charge in [-0.25, -0.2) is 0 Å². The van der Waals surface area contributed by atoms with Crippen LogP contribution < -0.4 is 26.0 Å². The molecule has 6 heteroatoms. The Morgan fingerprint density at radius 3 is 2.28 bits per heavy atom. The third kappa shape index (κ3) is 6.98. The first-order chi connectivity index (χ1) is 12.1. The zero-order chi connectivity index (χ0) is 19.2. The average molecular weight is 385 g/mol. The van der Waals surface area contributed by atoms with Gasteiger partial charge in [0.25, 0.3) is 0 Å². The van der Waals surface area contributed by atoms with Crippen LogP contribution in [0.5, 0.6) is 5.75 Å². The van der Waals surface area contributed by atoms with Gasteiger partial charge in [-0.05, 0) is 23.6 Å². The fourth-order valence-corrected chi connectivity index (χ4v) is 2.97. The molecule has 0 amide bonds. The van der Waals surface area contributed by atoms with E-state index in [1.165, 1.54) is 11.3 Å². The molecule has 0 aliphatic heterocycles. The summed E-state index contributed by atoms with van der Waals surface area (Å²) < 4.78 is 11.5. The van der Waals surface area contributed by atoms with E-state index < -0.39 is 0 Å². The summed E-state index contributed by atoms with van der Waals surface area (Å²) in [6, 6.07) is 9.44. The molecule has 2 rings (SSSR count). The van der Waals surface area contributed by atoms with E-state index in [1.807, 2.05) is 63.4 Å². The predicted molar refractivity (Wildman–Crippen MR) is 110 cm³/mol. The van der Waals surface area contributed by atoms with Gasteiger partial charge in [-0.3, -0.25) is 0 Å². The molecule has 0 saturated carbocycles. The van der Waals surface area contributed by atoms with Crippen LogP contribution in [0.1, 0.15) is 33.3 Å². The van der Waals surface area contributed by atoms with Gasteiger partial charge < -0.3 is 20.9 Å². The number of methoxy groups -OCH3 is 1. The highest BCUT2D eigenvalue weighted by Gasteiger charge is 2.08. The van der Waals surface area contributed by atoms with E-state index in [2.05, 4.69) is 0 Å². The minimum atomic E-state index is 0.229. The lowest BCUT2D eigenvalue weighted by Gasteiger charge is -2.11. The molecule has 0 unspecified atom stereocenters.